The number of rotatable bonds is 5. The van der Waals surface area contributed by atoms with Crippen molar-refractivity contribution in [3.05, 3.63) is 46.1 Å². The predicted molar refractivity (Wildman–Crippen MR) is 134 cm³/mol. The number of thioether (sulfide) groups is 1. The van der Waals surface area contributed by atoms with Crippen molar-refractivity contribution >= 4 is 40.8 Å². The third-order valence-electron chi connectivity index (χ3n) is 6.63. The van der Waals surface area contributed by atoms with Crippen LogP contribution in [-0.2, 0) is 4.74 Å². The smallest absolute Gasteiger partial charge is 0.364 e. The maximum absolute atomic E-state index is 13.6. The summed E-state index contributed by atoms with van der Waals surface area (Å²) in [7, 11) is 0. The predicted octanol–water partition coefficient (Wildman–Crippen LogP) is 6.83. The van der Waals surface area contributed by atoms with Gasteiger partial charge in [0.05, 0.1) is 22.4 Å². The third-order valence-corrected chi connectivity index (χ3v) is 7.83. The number of benzene rings is 1. The largest absolute Gasteiger partial charge is 0.414 e. The Morgan fingerprint density at radius 1 is 1.29 bits per heavy atom. The van der Waals surface area contributed by atoms with Gasteiger partial charge in [-0.15, -0.1) is 11.8 Å². The van der Waals surface area contributed by atoms with Crippen LogP contribution < -0.4 is 10.2 Å². The molecule has 5 nitrogen and oxygen atoms in total. The van der Waals surface area contributed by atoms with E-state index in [1.807, 2.05) is 24.5 Å². The number of carbonyl (C=O) groups excluding carboxylic acids is 1. The van der Waals surface area contributed by atoms with Gasteiger partial charge >= 0.3 is 6.18 Å². The Morgan fingerprint density at radius 3 is 2.66 bits per heavy atom. The topological polar surface area (TPSA) is 54.5 Å². The number of hydrogen-bond donors (Lipinski definition) is 1. The van der Waals surface area contributed by atoms with Gasteiger partial charge in [0, 0.05) is 36.0 Å². The second-order valence-corrected chi connectivity index (χ2v) is 10.4. The van der Waals surface area contributed by atoms with Gasteiger partial charge in [-0.1, -0.05) is 24.1 Å². The molecule has 2 heterocycles. The molecule has 1 aliphatic heterocycles. The first-order valence-electron chi connectivity index (χ1n) is 11.7. The van der Waals surface area contributed by atoms with Crippen LogP contribution in [0.2, 0.25) is 5.02 Å². The summed E-state index contributed by atoms with van der Waals surface area (Å²) in [6.45, 7) is 3.64. The second kappa shape index (κ2) is 10.6. The van der Waals surface area contributed by atoms with Crippen LogP contribution in [0.3, 0.4) is 0 Å². The van der Waals surface area contributed by atoms with Crippen molar-refractivity contribution in [2.75, 3.05) is 29.6 Å². The van der Waals surface area contributed by atoms with E-state index >= 15 is 0 Å². The summed E-state index contributed by atoms with van der Waals surface area (Å²) in [5.74, 6) is 0.167. The highest BCUT2D eigenvalue weighted by atomic mass is 35.5. The molecule has 2 aromatic rings. The van der Waals surface area contributed by atoms with Gasteiger partial charge in [-0.25, -0.2) is 4.98 Å². The maximum atomic E-state index is 13.6. The van der Waals surface area contributed by atoms with Crippen LogP contribution in [0.15, 0.2) is 29.2 Å². The first-order chi connectivity index (χ1) is 16.6. The number of nitrogens with one attached hydrogen (secondary N) is 1. The number of pyridine rings is 1. The number of ether oxygens (including phenoxy) is 1. The number of nitrogens with zero attached hydrogens (tertiary/aromatic N) is 2. The molecule has 1 unspecified atom stereocenters. The number of hydrogen-bond acceptors (Lipinski definition) is 5. The molecular formula is C25H29ClF3N3O2S. The molecule has 1 N–H and O–H groups in total. The van der Waals surface area contributed by atoms with Gasteiger partial charge in [0.1, 0.15) is 5.82 Å². The lowest BCUT2D eigenvalue weighted by Crippen LogP contribution is -2.34. The lowest BCUT2D eigenvalue weighted by Gasteiger charge is -2.31. The van der Waals surface area contributed by atoms with Crippen LogP contribution in [0.25, 0.3) is 0 Å². The van der Waals surface area contributed by atoms with Gasteiger partial charge in [0.25, 0.3) is 5.91 Å². The van der Waals surface area contributed by atoms with Gasteiger partial charge in [-0.05, 0) is 56.7 Å². The van der Waals surface area contributed by atoms with Crippen LogP contribution >= 0.6 is 23.4 Å². The second-order valence-electron chi connectivity index (χ2n) is 9.16. The van der Waals surface area contributed by atoms with Crippen molar-refractivity contribution in [3.8, 4) is 0 Å². The summed E-state index contributed by atoms with van der Waals surface area (Å²) in [6.07, 6.45) is -2.31. The molecule has 1 aromatic heterocycles. The first-order valence-corrected chi connectivity index (χ1v) is 13.3. The SMILES string of the molecule is CSc1cccc(NC(=O)c2c(N3CC[C@@H](C(F)(F)F)OC(C)C3)nc(C3CCC3)c(Cl)c2C)c1. The molecule has 1 aromatic carbocycles. The zero-order valence-corrected chi connectivity index (χ0v) is 21.5. The first kappa shape index (κ1) is 26.1. The van der Waals surface area contributed by atoms with Crippen molar-refractivity contribution < 1.29 is 22.7 Å². The average molecular weight is 528 g/mol. The number of anilines is 2. The molecular weight excluding hydrogens is 499 g/mol. The molecule has 1 amide bonds. The zero-order chi connectivity index (χ0) is 25.3. The fourth-order valence-corrected chi connectivity index (χ4v) is 5.29. The van der Waals surface area contributed by atoms with E-state index in [2.05, 4.69) is 5.32 Å². The van der Waals surface area contributed by atoms with E-state index in [1.165, 1.54) is 0 Å². The number of halogens is 4. The van der Waals surface area contributed by atoms with Gasteiger partial charge < -0.3 is 15.0 Å². The van der Waals surface area contributed by atoms with Gasteiger partial charge in [-0.3, -0.25) is 4.79 Å². The molecule has 10 heteroatoms. The van der Waals surface area contributed by atoms with Gasteiger partial charge in [0.15, 0.2) is 6.10 Å². The number of amides is 1. The normalized spacial score (nSPS) is 21.4. The van der Waals surface area contributed by atoms with Gasteiger partial charge in [0.2, 0.25) is 0 Å². The van der Waals surface area contributed by atoms with E-state index < -0.39 is 24.3 Å². The molecule has 2 aliphatic rings. The van der Waals surface area contributed by atoms with Crippen LogP contribution in [-0.4, -0.2) is 48.6 Å². The summed E-state index contributed by atoms with van der Waals surface area (Å²) < 4.78 is 45.6. The zero-order valence-electron chi connectivity index (χ0n) is 19.9. The van der Waals surface area contributed by atoms with Crippen LogP contribution in [0, 0.1) is 6.92 Å². The molecule has 0 radical (unpaired) electrons. The van der Waals surface area contributed by atoms with E-state index in [0.29, 0.717) is 22.1 Å². The number of alkyl halides is 3. The van der Waals surface area contributed by atoms with Crippen LogP contribution in [0.5, 0.6) is 0 Å². The minimum atomic E-state index is -4.45. The fourth-order valence-electron chi connectivity index (χ4n) is 4.54. The molecule has 1 saturated heterocycles. The van der Waals surface area contributed by atoms with Crippen molar-refractivity contribution in [1.29, 1.82) is 0 Å². The number of aromatic nitrogens is 1. The minimum absolute atomic E-state index is 0.0644. The third kappa shape index (κ3) is 5.73. The van der Waals surface area contributed by atoms with E-state index in [-0.39, 0.29) is 31.0 Å². The molecule has 1 saturated carbocycles. The van der Waals surface area contributed by atoms with Crippen LogP contribution in [0.4, 0.5) is 24.7 Å². The van der Waals surface area contributed by atoms with Crippen molar-refractivity contribution in [3.63, 3.8) is 0 Å². The highest BCUT2D eigenvalue weighted by Gasteiger charge is 2.43. The highest BCUT2D eigenvalue weighted by molar-refractivity contribution is 7.98. The standard InChI is InChI=1S/C25H29ClF3N3O2S/c1-14-13-32(11-10-19(34-14)25(27,28)29)23-20(15(2)21(26)22(31-23)16-6-4-7-16)24(33)30-17-8-5-9-18(12-17)35-3/h5,8-9,12,14,16,19H,4,6-7,10-11,13H2,1-3H3,(H,30,33)/t14?,19-/m0/s1. The molecule has 1 aliphatic carbocycles. The monoisotopic (exact) mass is 527 g/mol. The minimum Gasteiger partial charge on any atom is -0.364 e. The average Bonchev–Trinajstić information content (AvgIpc) is 2.97. The lowest BCUT2D eigenvalue weighted by atomic mass is 9.82. The molecule has 4 rings (SSSR count). The number of carbonyl (C=O) groups is 1. The summed E-state index contributed by atoms with van der Waals surface area (Å²) in [5, 5.41) is 3.38. The van der Waals surface area contributed by atoms with Crippen molar-refractivity contribution in [1.82, 2.24) is 4.98 Å². The molecule has 0 spiro atoms. The van der Waals surface area contributed by atoms with E-state index in [9.17, 15) is 18.0 Å². The lowest BCUT2D eigenvalue weighted by molar-refractivity contribution is -0.228. The molecule has 2 fully saturated rings. The molecule has 190 valence electrons. The summed E-state index contributed by atoms with van der Waals surface area (Å²) in [6, 6.07) is 7.45. The van der Waals surface area contributed by atoms with E-state index in [4.69, 9.17) is 21.3 Å². The molecule has 2 atom stereocenters. The Hall–Kier alpha value is -1.97. The quantitative estimate of drug-likeness (QED) is 0.432. The Balaban J connectivity index is 1.74. The molecule has 35 heavy (non-hydrogen) atoms. The van der Waals surface area contributed by atoms with Crippen LogP contribution in [0.1, 0.15) is 60.1 Å². The Bertz CT molecular complexity index is 1090. The summed E-state index contributed by atoms with van der Waals surface area (Å²) >= 11 is 8.27. The maximum Gasteiger partial charge on any atom is 0.414 e. The highest BCUT2D eigenvalue weighted by Crippen LogP contribution is 2.42. The van der Waals surface area contributed by atoms with E-state index in [1.54, 1.807) is 36.6 Å². The molecule has 0 bridgehead atoms. The van der Waals surface area contributed by atoms with Crippen molar-refractivity contribution in [2.45, 2.75) is 68.7 Å². The fraction of sp³-hybridized carbons (Fsp3) is 0.520. The Kier molecular flexibility index (Phi) is 7.88. The van der Waals surface area contributed by atoms with Gasteiger partial charge in [-0.2, -0.15) is 13.2 Å². The summed E-state index contributed by atoms with van der Waals surface area (Å²) in [4.78, 5) is 21.1. The van der Waals surface area contributed by atoms with E-state index in [0.717, 1.165) is 29.9 Å². The Morgan fingerprint density at radius 2 is 2.03 bits per heavy atom. The summed E-state index contributed by atoms with van der Waals surface area (Å²) in [5.41, 5.74) is 2.21. The van der Waals surface area contributed by atoms with Crippen molar-refractivity contribution in [2.24, 2.45) is 0 Å². The Labute approximate surface area is 212 Å².